The summed E-state index contributed by atoms with van der Waals surface area (Å²) in [6.45, 7) is 5.17. The van der Waals surface area contributed by atoms with E-state index in [0.29, 0.717) is 6.54 Å². The second-order valence-corrected chi connectivity index (χ2v) is 6.22. The van der Waals surface area contributed by atoms with Crippen molar-refractivity contribution in [2.75, 3.05) is 6.54 Å². The van der Waals surface area contributed by atoms with E-state index >= 15 is 0 Å². The summed E-state index contributed by atoms with van der Waals surface area (Å²) < 4.78 is 2.85. The molecule has 108 valence electrons. The largest absolute Gasteiger partial charge is 0.384 e. The molecule has 0 spiro atoms. The van der Waals surface area contributed by atoms with E-state index < -0.39 is 5.60 Å². The van der Waals surface area contributed by atoms with Crippen molar-refractivity contribution in [2.45, 2.75) is 32.0 Å². The lowest BCUT2D eigenvalue weighted by molar-refractivity contribution is 0.0536. The summed E-state index contributed by atoms with van der Waals surface area (Å²) >= 11 is 3.38. The first kappa shape index (κ1) is 15.2. The zero-order valence-corrected chi connectivity index (χ0v) is 13.3. The second-order valence-electron chi connectivity index (χ2n) is 5.30. The lowest BCUT2D eigenvalue weighted by atomic mass is 9.96. The van der Waals surface area contributed by atoms with E-state index in [1.54, 1.807) is 6.20 Å². The molecule has 0 aliphatic heterocycles. The SMILES string of the molecule is CC(Cn1cc(Br)cn1)NCC(C)(O)c1ccccc1. The minimum Gasteiger partial charge on any atom is -0.384 e. The van der Waals surface area contributed by atoms with Crippen LogP contribution >= 0.6 is 15.9 Å². The average molecular weight is 338 g/mol. The van der Waals surface area contributed by atoms with Gasteiger partial charge in [-0.2, -0.15) is 5.10 Å². The number of rotatable bonds is 6. The van der Waals surface area contributed by atoms with Gasteiger partial charge in [0.25, 0.3) is 0 Å². The van der Waals surface area contributed by atoms with Gasteiger partial charge < -0.3 is 10.4 Å². The summed E-state index contributed by atoms with van der Waals surface area (Å²) in [4.78, 5) is 0. The fourth-order valence-electron chi connectivity index (χ4n) is 2.06. The summed E-state index contributed by atoms with van der Waals surface area (Å²) in [5.74, 6) is 0. The topological polar surface area (TPSA) is 50.1 Å². The van der Waals surface area contributed by atoms with Crippen LogP contribution in [-0.4, -0.2) is 27.5 Å². The minimum atomic E-state index is -0.875. The van der Waals surface area contributed by atoms with Crippen LogP contribution in [0.5, 0.6) is 0 Å². The molecule has 2 rings (SSSR count). The molecule has 2 N–H and O–H groups in total. The van der Waals surface area contributed by atoms with E-state index in [-0.39, 0.29) is 6.04 Å². The van der Waals surface area contributed by atoms with Gasteiger partial charge in [-0.1, -0.05) is 30.3 Å². The number of aromatic nitrogens is 2. The molecule has 0 saturated carbocycles. The Balaban J connectivity index is 1.88. The first-order chi connectivity index (χ1) is 9.47. The molecule has 2 unspecified atom stereocenters. The van der Waals surface area contributed by atoms with Crippen molar-refractivity contribution in [1.29, 1.82) is 0 Å². The number of benzene rings is 1. The van der Waals surface area contributed by atoms with E-state index in [1.165, 1.54) is 0 Å². The maximum absolute atomic E-state index is 10.5. The molecule has 20 heavy (non-hydrogen) atoms. The Morgan fingerprint density at radius 3 is 2.70 bits per heavy atom. The molecule has 2 aromatic rings. The van der Waals surface area contributed by atoms with Gasteiger partial charge in [0.1, 0.15) is 0 Å². The van der Waals surface area contributed by atoms with Gasteiger partial charge in [-0.3, -0.25) is 4.68 Å². The fourth-order valence-corrected chi connectivity index (χ4v) is 2.38. The van der Waals surface area contributed by atoms with Gasteiger partial charge in [0.15, 0.2) is 0 Å². The first-order valence-corrected chi connectivity index (χ1v) is 7.46. The lowest BCUT2D eigenvalue weighted by Crippen LogP contribution is -2.41. The van der Waals surface area contributed by atoms with Crippen LogP contribution < -0.4 is 5.32 Å². The minimum absolute atomic E-state index is 0.219. The molecule has 0 aliphatic rings. The Labute approximate surface area is 127 Å². The van der Waals surface area contributed by atoms with Crippen LogP contribution in [0.3, 0.4) is 0 Å². The smallest absolute Gasteiger partial charge is 0.0992 e. The highest BCUT2D eigenvalue weighted by Crippen LogP contribution is 2.19. The monoisotopic (exact) mass is 337 g/mol. The predicted octanol–water partition coefficient (Wildman–Crippen LogP) is 2.53. The molecule has 1 aromatic carbocycles. The maximum Gasteiger partial charge on any atom is 0.0992 e. The molecule has 2 atom stereocenters. The lowest BCUT2D eigenvalue weighted by Gasteiger charge is -2.26. The number of aliphatic hydroxyl groups is 1. The molecule has 0 aliphatic carbocycles. The van der Waals surface area contributed by atoms with Gasteiger partial charge in [-0.15, -0.1) is 0 Å². The van der Waals surface area contributed by atoms with Crippen molar-refractivity contribution in [3.05, 3.63) is 52.8 Å². The third-order valence-corrected chi connectivity index (χ3v) is 3.66. The highest BCUT2D eigenvalue weighted by atomic mass is 79.9. The van der Waals surface area contributed by atoms with E-state index in [4.69, 9.17) is 0 Å². The molecule has 5 heteroatoms. The van der Waals surface area contributed by atoms with Crippen molar-refractivity contribution in [3.8, 4) is 0 Å². The van der Waals surface area contributed by atoms with Crippen LogP contribution in [0.1, 0.15) is 19.4 Å². The first-order valence-electron chi connectivity index (χ1n) is 6.66. The molecule has 0 amide bonds. The van der Waals surface area contributed by atoms with Crippen LogP contribution in [0.2, 0.25) is 0 Å². The normalized spacial score (nSPS) is 15.8. The number of halogens is 1. The van der Waals surface area contributed by atoms with Crippen molar-refractivity contribution in [3.63, 3.8) is 0 Å². The number of nitrogens with one attached hydrogen (secondary N) is 1. The van der Waals surface area contributed by atoms with Crippen molar-refractivity contribution in [1.82, 2.24) is 15.1 Å². The van der Waals surface area contributed by atoms with E-state index in [0.717, 1.165) is 16.6 Å². The van der Waals surface area contributed by atoms with Gasteiger partial charge in [0, 0.05) is 18.8 Å². The summed E-state index contributed by atoms with van der Waals surface area (Å²) in [6, 6.07) is 9.93. The molecule has 0 fully saturated rings. The number of nitrogens with zero attached hydrogens (tertiary/aromatic N) is 2. The zero-order chi connectivity index (χ0) is 14.6. The standard InChI is InChI=1S/C15H20BrN3O/c1-12(9-19-10-14(16)8-18-19)17-11-15(2,20)13-6-4-3-5-7-13/h3-8,10,12,17,20H,9,11H2,1-2H3. The van der Waals surface area contributed by atoms with Gasteiger partial charge >= 0.3 is 0 Å². The Hall–Kier alpha value is -1.17. The molecular weight excluding hydrogens is 318 g/mol. The molecule has 0 bridgehead atoms. The van der Waals surface area contributed by atoms with Gasteiger partial charge in [-0.05, 0) is 35.3 Å². The van der Waals surface area contributed by atoms with Crippen LogP contribution in [0.15, 0.2) is 47.2 Å². The van der Waals surface area contributed by atoms with E-state index in [1.807, 2.05) is 48.1 Å². The molecular formula is C15H20BrN3O. The van der Waals surface area contributed by atoms with Crippen molar-refractivity contribution >= 4 is 15.9 Å². The van der Waals surface area contributed by atoms with Gasteiger partial charge in [-0.25, -0.2) is 0 Å². The second kappa shape index (κ2) is 6.52. The Kier molecular flexibility index (Phi) is 4.96. The van der Waals surface area contributed by atoms with Crippen molar-refractivity contribution in [2.24, 2.45) is 0 Å². The zero-order valence-electron chi connectivity index (χ0n) is 11.8. The molecule has 1 heterocycles. The summed E-state index contributed by atoms with van der Waals surface area (Å²) in [7, 11) is 0. The quantitative estimate of drug-likeness (QED) is 0.851. The number of hydrogen-bond acceptors (Lipinski definition) is 3. The Morgan fingerprint density at radius 1 is 1.40 bits per heavy atom. The van der Waals surface area contributed by atoms with Crippen LogP contribution in [0, 0.1) is 0 Å². The average Bonchev–Trinajstić information content (AvgIpc) is 2.83. The maximum atomic E-state index is 10.5. The third-order valence-electron chi connectivity index (χ3n) is 3.25. The number of hydrogen-bond donors (Lipinski definition) is 2. The van der Waals surface area contributed by atoms with Crippen LogP contribution in [0.25, 0.3) is 0 Å². The van der Waals surface area contributed by atoms with Crippen LogP contribution in [0.4, 0.5) is 0 Å². The molecule has 4 nitrogen and oxygen atoms in total. The molecule has 0 radical (unpaired) electrons. The van der Waals surface area contributed by atoms with E-state index in [9.17, 15) is 5.11 Å². The Bertz CT molecular complexity index is 539. The highest BCUT2D eigenvalue weighted by Gasteiger charge is 2.23. The van der Waals surface area contributed by atoms with E-state index in [2.05, 4.69) is 33.3 Å². The van der Waals surface area contributed by atoms with Gasteiger partial charge in [0.2, 0.25) is 0 Å². The molecule has 0 saturated heterocycles. The summed E-state index contributed by atoms with van der Waals surface area (Å²) in [6.07, 6.45) is 3.71. The summed E-state index contributed by atoms with van der Waals surface area (Å²) in [5.41, 5.74) is 0.0433. The predicted molar refractivity (Wildman–Crippen MR) is 83.4 cm³/mol. The highest BCUT2D eigenvalue weighted by molar-refractivity contribution is 9.10. The molecule has 1 aromatic heterocycles. The third kappa shape index (κ3) is 4.16. The van der Waals surface area contributed by atoms with Gasteiger partial charge in [0.05, 0.1) is 22.8 Å². The van der Waals surface area contributed by atoms with Crippen molar-refractivity contribution < 1.29 is 5.11 Å². The Morgan fingerprint density at radius 2 is 2.10 bits per heavy atom. The van der Waals surface area contributed by atoms with Crippen LogP contribution in [-0.2, 0) is 12.1 Å². The fraction of sp³-hybridized carbons (Fsp3) is 0.400. The summed E-state index contributed by atoms with van der Waals surface area (Å²) in [5, 5.41) is 18.1.